The lowest BCUT2D eigenvalue weighted by Crippen LogP contribution is -2.07. The number of aromatic hydroxyl groups is 1. The molecule has 2 aromatic rings. The molecular weight excluding hydrogens is 217 g/mol. The van der Waals surface area contributed by atoms with Crippen LogP contribution in [0.5, 0.6) is 5.75 Å². The first-order chi connectivity index (χ1) is 8.08. The number of nitrogens with two attached hydrogens (primary N) is 1. The Hall–Kier alpha value is -1.87. The lowest BCUT2D eigenvalue weighted by molar-refractivity contribution is 0.475. The van der Waals surface area contributed by atoms with E-state index in [1.165, 1.54) is 6.07 Å². The molecule has 0 aliphatic heterocycles. The summed E-state index contributed by atoms with van der Waals surface area (Å²) in [4.78, 5) is 0. The fourth-order valence-electron chi connectivity index (χ4n) is 1.73. The zero-order valence-corrected chi connectivity index (χ0v) is 9.52. The van der Waals surface area contributed by atoms with E-state index >= 15 is 0 Å². The van der Waals surface area contributed by atoms with Crippen molar-refractivity contribution in [1.29, 1.82) is 0 Å². The molecule has 1 atom stereocenters. The minimum absolute atomic E-state index is 0.211. The Bertz CT molecular complexity index is 520. The van der Waals surface area contributed by atoms with E-state index in [2.05, 4.69) is 0 Å². The van der Waals surface area contributed by atoms with Gasteiger partial charge >= 0.3 is 0 Å². The number of phenolic OH excluding ortho intramolecular Hbond substituents is 1. The maximum Gasteiger partial charge on any atom is 0.128 e. The van der Waals surface area contributed by atoms with Gasteiger partial charge in [-0.2, -0.15) is 0 Å². The number of hydrogen-bond acceptors (Lipinski definition) is 2. The smallest absolute Gasteiger partial charge is 0.128 e. The van der Waals surface area contributed by atoms with Crippen molar-refractivity contribution in [3.8, 4) is 16.9 Å². The van der Waals surface area contributed by atoms with Gasteiger partial charge in [-0.1, -0.05) is 18.2 Å². The van der Waals surface area contributed by atoms with Crippen molar-refractivity contribution in [3.05, 3.63) is 53.8 Å². The lowest BCUT2D eigenvalue weighted by atomic mass is 10.00. The van der Waals surface area contributed by atoms with Crippen LogP contribution in [-0.2, 0) is 0 Å². The Morgan fingerprint density at radius 3 is 2.24 bits per heavy atom. The van der Waals surface area contributed by atoms with Crippen molar-refractivity contribution >= 4 is 0 Å². The largest absolute Gasteiger partial charge is 0.508 e. The maximum absolute atomic E-state index is 13.5. The van der Waals surface area contributed by atoms with Gasteiger partial charge in [0.1, 0.15) is 11.6 Å². The van der Waals surface area contributed by atoms with Gasteiger partial charge in [-0.3, -0.25) is 0 Å². The van der Waals surface area contributed by atoms with Crippen LogP contribution in [0.3, 0.4) is 0 Å². The highest BCUT2D eigenvalue weighted by atomic mass is 19.1. The van der Waals surface area contributed by atoms with Crippen molar-refractivity contribution in [2.45, 2.75) is 13.0 Å². The minimum atomic E-state index is -0.341. The van der Waals surface area contributed by atoms with Gasteiger partial charge < -0.3 is 10.8 Å². The second-order valence-electron chi connectivity index (χ2n) is 4.07. The Kier molecular flexibility index (Phi) is 3.11. The molecule has 0 aromatic heterocycles. The van der Waals surface area contributed by atoms with Crippen LogP contribution >= 0.6 is 0 Å². The molecular formula is C14H14FNO. The molecule has 0 saturated carbocycles. The summed E-state index contributed by atoms with van der Waals surface area (Å²) in [5.41, 5.74) is 8.01. The van der Waals surface area contributed by atoms with Crippen LogP contribution in [0.25, 0.3) is 11.1 Å². The Labute approximate surface area is 99.5 Å². The highest BCUT2D eigenvalue weighted by Gasteiger charge is 2.08. The first-order valence-corrected chi connectivity index (χ1v) is 5.42. The highest BCUT2D eigenvalue weighted by Crippen LogP contribution is 2.25. The molecule has 0 bridgehead atoms. The fourth-order valence-corrected chi connectivity index (χ4v) is 1.73. The number of benzene rings is 2. The van der Waals surface area contributed by atoms with E-state index in [0.29, 0.717) is 5.56 Å². The van der Waals surface area contributed by atoms with E-state index in [4.69, 9.17) is 5.73 Å². The Morgan fingerprint density at radius 1 is 1.06 bits per heavy atom. The van der Waals surface area contributed by atoms with Gasteiger partial charge in [0.05, 0.1) is 0 Å². The first kappa shape index (κ1) is 11.6. The summed E-state index contributed by atoms with van der Waals surface area (Å²) in [7, 11) is 0. The van der Waals surface area contributed by atoms with Gasteiger partial charge in [0.25, 0.3) is 0 Å². The molecule has 0 radical (unpaired) electrons. The zero-order valence-electron chi connectivity index (χ0n) is 9.52. The summed E-state index contributed by atoms with van der Waals surface area (Å²) in [6.07, 6.45) is 0. The van der Waals surface area contributed by atoms with Crippen LogP contribution in [-0.4, -0.2) is 5.11 Å². The zero-order chi connectivity index (χ0) is 12.4. The van der Waals surface area contributed by atoms with Crippen LogP contribution < -0.4 is 5.73 Å². The number of rotatable bonds is 2. The third kappa shape index (κ3) is 2.45. The van der Waals surface area contributed by atoms with Crippen molar-refractivity contribution < 1.29 is 9.50 Å². The molecule has 0 spiro atoms. The average Bonchev–Trinajstić information content (AvgIpc) is 2.30. The molecule has 17 heavy (non-hydrogen) atoms. The SMILES string of the molecule is CC(N)c1cc(-c2ccc(O)cc2)ccc1F. The summed E-state index contributed by atoms with van der Waals surface area (Å²) < 4.78 is 13.5. The standard InChI is InChI=1S/C14H14FNO/c1-9(16)13-8-11(4-7-14(13)15)10-2-5-12(17)6-3-10/h2-9,17H,16H2,1H3. The van der Waals surface area contributed by atoms with Crippen LogP contribution in [0.1, 0.15) is 18.5 Å². The number of halogens is 1. The van der Waals surface area contributed by atoms with Crippen LogP contribution in [0.15, 0.2) is 42.5 Å². The van der Waals surface area contributed by atoms with Crippen LogP contribution in [0.4, 0.5) is 4.39 Å². The molecule has 2 aromatic carbocycles. The van der Waals surface area contributed by atoms with E-state index in [1.807, 2.05) is 0 Å². The van der Waals surface area contributed by atoms with Crippen molar-refractivity contribution in [3.63, 3.8) is 0 Å². The van der Waals surface area contributed by atoms with Crippen molar-refractivity contribution in [2.24, 2.45) is 5.73 Å². The predicted molar refractivity (Wildman–Crippen MR) is 66.1 cm³/mol. The second-order valence-corrected chi connectivity index (χ2v) is 4.07. The molecule has 0 aliphatic rings. The summed E-state index contributed by atoms with van der Waals surface area (Å²) in [6, 6.07) is 11.3. The summed E-state index contributed by atoms with van der Waals surface area (Å²) in [6.45, 7) is 1.75. The third-order valence-electron chi connectivity index (χ3n) is 2.69. The van der Waals surface area contributed by atoms with Crippen molar-refractivity contribution in [2.75, 3.05) is 0 Å². The molecule has 88 valence electrons. The van der Waals surface area contributed by atoms with Crippen molar-refractivity contribution in [1.82, 2.24) is 0 Å². The van der Waals surface area contributed by atoms with Crippen LogP contribution in [0, 0.1) is 5.82 Å². The third-order valence-corrected chi connectivity index (χ3v) is 2.69. The van der Waals surface area contributed by atoms with Gasteiger partial charge in [0.2, 0.25) is 0 Å². The van der Waals surface area contributed by atoms with E-state index in [0.717, 1.165) is 11.1 Å². The molecule has 2 nitrogen and oxygen atoms in total. The Balaban J connectivity index is 2.46. The molecule has 0 amide bonds. The molecule has 3 heteroatoms. The van der Waals surface area contributed by atoms with E-state index in [-0.39, 0.29) is 17.6 Å². The number of phenols is 1. The van der Waals surface area contributed by atoms with E-state index in [9.17, 15) is 9.50 Å². The molecule has 2 rings (SSSR count). The van der Waals surface area contributed by atoms with Gasteiger partial charge in [-0.05, 0) is 42.3 Å². The quantitative estimate of drug-likeness (QED) is 0.833. The van der Waals surface area contributed by atoms with Gasteiger partial charge in [-0.25, -0.2) is 4.39 Å². The fraction of sp³-hybridized carbons (Fsp3) is 0.143. The molecule has 3 N–H and O–H groups in total. The molecule has 0 aliphatic carbocycles. The Morgan fingerprint density at radius 2 is 1.65 bits per heavy atom. The summed E-state index contributed by atoms with van der Waals surface area (Å²) in [5, 5.41) is 9.21. The van der Waals surface area contributed by atoms with E-state index in [1.54, 1.807) is 43.3 Å². The van der Waals surface area contributed by atoms with Gasteiger partial charge in [0.15, 0.2) is 0 Å². The second kappa shape index (κ2) is 4.55. The molecule has 0 saturated heterocycles. The normalized spacial score (nSPS) is 12.4. The molecule has 0 fully saturated rings. The average molecular weight is 231 g/mol. The summed E-state index contributed by atoms with van der Waals surface area (Å²) in [5.74, 6) is -0.0780. The number of hydrogen-bond donors (Lipinski definition) is 2. The lowest BCUT2D eigenvalue weighted by Gasteiger charge is -2.10. The topological polar surface area (TPSA) is 46.2 Å². The van der Waals surface area contributed by atoms with E-state index < -0.39 is 0 Å². The predicted octanol–water partition coefficient (Wildman–Crippen LogP) is 3.22. The van der Waals surface area contributed by atoms with Crippen LogP contribution in [0.2, 0.25) is 0 Å². The summed E-state index contributed by atoms with van der Waals surface area (Å²) >= 11 is 0. The van der Waals surface area contributed by atoms with Gasteiger partial charge in [-0.15, -0.1) is 0 Å². The monoisotopic (exact) mass is 231 g/mol. The first-order valence-electron chi connectivity index (χ1n) is 5.42. The molecule has 0 heterocycles. The van der Waals surface area contributed by atoms with Gasteiger partial charge in [0, 0.05) is 11.6 Å². The highest BCUT2D eigenvalue weighted by molar-refractivity contribution is 5.65. The maximum atomic E-state index is 13.5. The molecule has 1 unspecified atom stereocenters. The minimum Gasteiger partial charge on any atom is -0.508 e.